The first-order chi connectivity index (χ1) is 14.1. The Bertz CT molecular complexity index is 1220. The van der Waals surface area contributed by atoms with Crippen molar-refractivity contribution >= 4 is 10.9 Å². The third kappa shape index (κ3) is 2.88. The second-order valence-corrected chi connectivity index (χ2v) is 7.23. The second-order valence-electron chi connectivity index (χ2n) is 7.23. The fourth-order valence-corrected chi connectivity index (χ4v) is 3.58. The minimum absolute atomic E-state index is 0.142. The summed E-state index contributed by atoms with van der Waals surface area (Å²) in [5.41, 5.74) is 3.15. The van der Waals surface area contributed by atoms with Crippen LogP contribution in [0.2, 0.25) is 0 Å². The molecule has 0 bridgehead atoms. The van der Waals surface area contributed by atoms with E-state index in [4.69, 9.17) is 14.5 Å². The largest absolute Gasteiger partial charge is 0.494 e. The van der Waals surface area contributed by atoms with Gasteiger partial charge in [-0.25, -0.2) is 9.97 Å². The van der Waals surface area contributed by atoms with Gasteiger partial charge in [-0.1, -0.05) is 0 Å². The van der Waals surface area contributed by atoms with Gasteiger partial charge in [-0.05, 0) is 37.5 Å². The van der Waals surface area contributed by atoms with Crippen molar-refractivity contribution in [1.29, 1.82) is 0 Å². The maximum Gasteiger partial charge on any atom is 0.256 e. The highest BCUT2D eigenvalue weighted by molar-refractivity contribution is 5.90. The quantitative estimate of drug-likeness (QED) is 0.559. The third-order valence-electron chi connectivity index (χ3n) is 5.24. The lowest BCUT2D eigenvalue weighted by Crippen LogP contribution is -1.97. The topological polar surface area (TPSA) is 87.2 Å². The highest BCUT2D eigenvalue weighted by Crippen LogP contribution is 2.37. The van der Waals surface area contributed by atoms with Gasteiger partial charge in [0.15, 0.2) is 11.6 Å². The number of pyridine rings is 2. The van der Waals surface area contributed by atoms with Gasteiger partial charge in [0.1, 0.15) is 0 Å². The summed E-state index contributed by atoms with van der Waals surface area (Å²) in [4.78, 5) is 9.04. The smallest absolute Gasteiger partial charge is 0.256 e. The number of methoxy groups -OCH3 is 2. The molecule has 4 aromatic rings. The molecule has 0 spiro atoms. The van der Waals surface area contributed by atoms with E-state index >= 15 is 0 Å². The first-order valence-electron chi connectivity index (χ1n) is 9.44. The Morgan fingerprint density at radius 3 is 2.72 bits per heavy atom. The predicted octanol–water partition coefficient (Wildman–Crippen LogP) is 3.65. The number of hydrogen-bond donors (Lipinski definition) is 1. The SMILES string of the molecule is COc1cc(-c2cc(C)c3c(O)n(-c4ccn(C5CC5)n4)cc3n2)cnc1OC. The molecular weight excluding hydrogens is 370 g/mol. The lowest BCUT2D eigenvalue weighted by molar-refractivity contribution is 0.343. The molecule has 0 saturated heterocycles. The summed E-state index contributed by atoms with van der Waals surface area (Å²) < 4.78 is 14.2. The van der Waals surface area contributed by atoms with Crippen molar-refractivity contribution in [3.05, 3.63) is 42.4 Å². The maximum atomic E-state index is 10.8. The zero-order valence-electron chi connectivity index (χ0n) is 16.5. The molecule has 1 N–H and O–H groups in total. The van der Waals surface area contributed by atoms with E-state index in [1.165, 1.54) is 0 Å². The van der Waals surface area contributed by atoms with Gasteiger partial charge >= 0.3 is 0 Å². The molecule has 0 unspecified atom stereocenters. The predicted molar refractivity (Wildman–Crippen MR) is 108 cm³/mol. The standard InChI is InChI=1S/C21H21N5O3/c1-12-8-15(13-9-17(28-2)20(29-3)22-10-13)23-16-11-25(21(27)19(12)16)18-6-7-26(24-18)14-4-5-14/h6-11,14,27H,4-5H2,1-3H3. The molecule has 0 atom stereocenters. The van der Waals surface area contributed by atoms with Crippen LogP contribution in [-0.4, -0.2) is 43.6 Å². The van der Waals surface area contributed by atoms with Gasteiger partial charge in [0, 0.05) is 30.2 Å². The third-order valence-corrected chi connectivity index (χ3v) is 5.24. The first kappa shape index (κ1) is 17.5. The number of ether oxygens (including phenoxy) is 2. The van der Waals surface area contributed by atoms with E-state index in [0.29, 0.717) is 34.4 Å². The molecule has 5 rings (SSSR count). The number of fused-ring (bicyclic) bond motifs is 1. The molecule has 8 heteroatoms. The van der Waals surface area contributed by atoms with Crippen LogP contribution < -0.4 is 9.47 Å². The van der Waals surface area contributed by atoms with E-state index in [-0.39, 0.29) is 5.88 Å². The van der Waals surface area contributed by atoms with Crippen LogP contribution in [-0.2, 0) is 0 Å². The minimum Gasteiger partial charge on any atom is -0.494 e. The normalized spacial score (nSPS) is 13.8. The van der Waals surface area contributed by atoms with Crippen molar-refractivity contribution in [2.24, 2.45) is 0 Å². The minimum atomic E-state index is 0.142. The van der Waals surface area contributed by atoms with Crippen LogP contribution in [0, 0.1) is 6.92 Å². The summed E-state index contributed by atoms with van der Waals surface area (Å²) >= 11 is 0. The fraction of sp³-hybridized carbons (Fsp3) is 0.286. The van der Waals surface area contributed by atoms with Crippen LogP contribution >= 0.6 is 0 Å². The average molecular weight is 391 g/mol. The van der Waals surface area contributed by atoms with Crippen molar-refractivity contribution in [1.82, 2.24) is 24.3 Å². The van der Waals surface area contributed by atoms with E-state index < -0.39 is 0 Å². The van der Waals surface area contributed by atoms with Crippen molar-refractivity contribution in [3.63, 3.8) is 0 Å². The second kappa shape index (κ2) is 6.51. The molecule has 1 fully saturated rings. The van der Waals surface area contributed by atoms with Crippen LogP contribution in [0.1, 0.15) is 24.4 Å². The summed E-state index contributed by atoms with van der Waals surface area (Å²) in [6.45, 7) is 1.95. The highest BCUT2D eigenvalue weighted by Gasteiger charge is 2.25. The Balaban J connectivity index is 1.61. The van der Waals surface area contributed by atoms with Crippen molar-refractivity contribution < 1.29 is 14.6 Å². The lowest BCUT2D eigenvalue weighted by Gasteiger charge is -2.09. The zero-order valence-corrected chi connectivity index (χ0v) is 16.5. The van der Waals surface area contributed by atoms with Crippen LogP contribution in [0.3, 0.4) is 0 Å². The highest BCUT2D eigenvalue weighted by atomic mass is 16.5. The molecule has 1 aliphatic rings. The number of rotatable bonds is 5. The fourth-order valence-electron chi connectivity index (χ4n) is 3.58. The van der Waals surface area contributed by atoms with Crippen molar-refractivity contribution in [2.75, 3.05) is 14.2 Å². The molecule has 0 amide bonds. The Morgan fingerprint density at radius 1 is 1.17 bits per heavy atom. The van der Waals surface area contributed by atoms with E-state index in [0.717, 1.165) is 29.7 Å². The van der Waals surface area contributed by atoms with E-state index in [1.807, 2.05) is 42.2 Å². The van der Waals surface area contributed by atoms with Gasteiger partial charge in [0.05, 0.1) is 36.9 Å². The number of hydrogen-bond acceptors (Lipinski definition) is 6. The van der Waals surface area contributed by atoms with Gasteiger partial charge < -0.3 is 14.6 Å². The molecule has 1 saturated carbocycles. The number of aromatic nitrogens is 5. The van der Waals surface area contributed by atoms with Gasteiger partial charge in [0.25, 0.3) is 5.88 Å². The summed E-state index contributed by atoms with van der Waals surface area (Å²) in [6, 6.07) is 6.16. The molecule has 8 nitrogen and oxygen atoms in total. The Labute approximate surface area is 167 Å². The molecule has 148 valence electrons. The molecule has 0 aliphatic heterocycles. The molecule has 29 heavy (non-hydrogen) atoms. The monoisotopic (exact) mass is 391 g/mol. The summed E-state index contributed by atoms with van der Waals surface area (Å²) in [7, 11) is 3.12. The molecule has 0 radical (unpaired) electrons. The molecule has 4 heterocycles. The Hall–Kier alpha value is -3.55. The van der Waals surface area contributed by atoms with Gasteiger partial charge in [0.2, 0.25) is 5.88 Å². The summed E-state index contributed by atoms with van der Waals surface area (Å²) in [5.74, 6) is 1.78. The van der Waals surface area contributed by atoms with Crippen LogP contribution in [0.25, 0.3) is 28.0 Å². The van der Waals surface area contributed by atoms with Gasteiger partial charge in [-0.2, -0.15) is 5.10 Å². The van der Waals surface area contributed by atoms with Gasteiger partial charge in [-0.15, -0.1) is 0 Å². The van der Waals surface area contributed by atoms with Gasteiger partial charge in [-0.3, -0.25) is 9.25 Å². The van der Waals surface area contributed by atoms with Crippen LogP contribution in [0.4, 0.5) is 0 Å². The van der Waals surface area contributed by atoms with Crippen LogP contribution in [0.15, 0.2) is 36.8 Å². The van der Waals surface area contributed by atoms with E-state index in [9.17, 15) is 5.11 Å². The average Bonchev–Trinajstić information content (AvgIpc) is 3.37. The molecular formula is C21H21N5O3. The zero-order chi connectivity index (χ0) is 20.1. The summed E-state index contributed by atoms with van der Waals surface area (Å²) in [6.07, 6.45) is 7.78. The van der Waals surface area contributed by atoms with Crippen LogP contribution in [0.5, 0.6) is 17.5 Å². The number of aromatic hydroxyl groups is 1. The number of nitrogens with zero attached hydrogens (tertiary/aromatic N) is 5. The summed E-state index contributed by atoms with van der Waals surface area (Å²) in [5, 5.41) is 16.1. The number of aryl methyl sites for hydroxylation is 1. The molecule has 4 aromatic heterocycles. The van der Waals surface area contributed by atoms with E-state index in [1.54, 1.807) is 25.0 Å². The van der Waals surface area contributed by atoms with Crippen molar-refractivity contribution in [3.8, 4) is 34.6 Å². The first-order valence-corrected chi connectivity index (χ1v) is 9.44. The molecule has 0 aromatic carbocycles. The van der Waals surface area contributed by atoms with Crippen molar-refractivity contribution in [2.45, 2.75) is 25.8 Å². The molecule has 1 aliphatic carbocycles. The van der Waals surface area contributed by atoms with E-state index in [2.05, 4.69) is 10.1 Å². The lowest BCUT2D eigenvalue weighted by atomic mass is 10.1. The Kier molecular flexibility index (Phi) is 3.94. The Morgan fingerprint density at radius 2 is 2.00 bits per heavy atom. The maximum absolute atomic E-state index is 10.8.